The van der Waals surface area contributed by atoms with Crippen LogP contribution < -0.4 is 10.6 Å². The molecule has 1 heterocycles. The van der Waals surface area contributed by atoms with Crippen molar-refractivity contribution in [1.82, 2.24) is 5.32 Å². The predicted octanol–water partition coefficient (Wildman–Crippen LogP) is 2.98. The molecule has 1 aliphatic rings. The molecule has 2 aromatic rings. The van der Waals surface area contributed by atoms with Gasteiger partial charge in [0.2, 0.25) is 12.3 Å². The molecule has 1 aliphatic heterocycles. The van der Waals surface area contributed by atoms with Gasteiger partial charge in [0.15, 0.2) is 0 Å². The molecule has 0 fully saturated rings. The van der Waals surface area contributed by atoms with E-state index in [4.69, 9.17) is 11.6 Å². The van der Waals surface area contributed by atoms with Crippen molar-refractivity contribution in [2.45, 2.75) is 19.3 Å². The number of hydrogen-bond acceptors (Lipinski definition) is 4. The number of aliphatic hydroxyl groups is 1. The maximum Gasteiger partial charge on any atom is 0.235 e. The van der Waals surface area contributed by atoms with E-state index in [1.165, 1.54) is 0 Å². The van der Waals surface area contributed by atoms with Gasteiger partial charge < -0.3 is 10.4 Å². The first-order chi connectivity index (χ1) is 11.5. The van der Waals surface area contributed by atoms with Crippen molar-refractivity contribution in [3.05, 3.63) is 65.2 Å². The smallest absolute Gasteiger partial charge is 0.235 e. The fourth-order valence-electron chi connectivity index (χ4n) is 2.85. The molecule has 124 valence electrons. The molecule has 3 atom stereocenters. The summed E-state index contributed by atoms with van der Waals surface area (Å²) in [6, 6.07) is 16.1. The van der Waals surface area contributed by atoms with Crippen LogP contribution in [0.1, 0.15) is 18.5 Å². The largest absolute Gasteiger partial charge is 0.360 e. The van der Waals surface area contributed by atoms with Crippen LogP contribution in [-0.4, -0.2) is 23.1 Å². The number of para-hydroxylation sites is 1. The van der Waals surface area contributed by atoms with Crippen LogP contribution in [0.25, 0.3) is 0 Å². The number of benzene rings is 2. The van der Waals surface area contributed by atoms with Crippen LogP contribution in [0.15, 0.2) is 59.6 Å². The molecule has 0 spiro atoms. The SMILES string of the molecule is CC1=NC(O)NC(c2ccc(Cl)cc2)C1C(=O)Nc1ccccc1. The van der Waals surface area contributed by atoms with Crippen LogP contribution >= 0.6 is 11.6 Å². The lowest BCUT2D eigenvalue weighted by atomic mass is 9.87. The summed E-state index contributed by atoms with van der Waals surface area (Å²) in [6.07, 6.45) is -1.04. The first-order valence-electron chi connectivity index (χ1n) is 7.64. The van der Waals surface area contributed by atoms with Crippen molar-refractivity contribution in [2.75, 3.05) is 5.32 Å². The number of aliphatic hydroxyl groups excluding tert-OH is 1. The molecule has 0 bridgehead atoms. The number of nitrogens with zero attached hydrogens (tertiary/aromatic N) is 1. The van der Waals surface area contributed by atoms with E-state index in [2.05, 4.69) is 15.6 Å². The van der Waals surface area contributed by atoms with Crippen LogP contribution in [0.2, 0.25) is 5.02 Å². The summed E-state index contributed by atoms with van der Waals surface area (Å²) in [5.41, 5.74) is 2.16. The van der Waals surface area contributed by atoms with Gasteiger partial charge in [-0.15, -0.1) is 0 Å². The van der Waals surface area contributed by atoms with E-state index in [-0.39, 0.29) is 5.91 Å². The Morgan fingerprint density at radius 3 is 2.50 bits per heavy atom. The van der Waals surface area contributed by atoms with Gasteiger partial charge in [0.1, 0.15) is 0 Å². The van der Waals surface area contributed by atoms with Crippen molar-refractivity contribution < 1.29 is 9.90 Å². The lowest BCUT2D eigenvalue weighted by Crippen LogP contribution is -2.47. The predicted molar refractivity (Wildman–Crippen MR) is 95.0 cm³/mol. The molecule has 5 nitrogen and oxygen atoms in total. The third kappa shape index (κ3) is 3.64. The number of hydrogen-bond donors (Lipinski definition) is 3. The molecular formula is C18H18ClN3O2. The first-order valence-corrected chi connectivity index (χ1v) is 8.02. The van der Waals surface area contributed by atoms with Gasteiger partial charge in [-0.05, 0) is 36.8 Å². The molecule has 3 unspecified atom stereocenters. The van der Waals surface area contributed by atoms with E-state index in [1.807, 2.05) is 42.5 Å². The number of aliphatic imine (C=N–C) groups is 1. The molecule has 0 saturated heterocycles. The number of amides is 1. The minimum absolute atomic E-state index is 0.179. The monoisotopic (exact) mass is 343 g/mol. The fourth-order valence-corrected chi connectivity index (χ4v) is 2.98. The standard InChI is InChI=1S/C18H18ClN3O2/c1-11-15(17(23)21-14-5-3-2-4-6-14)16(22-18(24)20-11)12-7-9-13(19)10-8-12/h2-10,15-16,18,22,24H,1H3,(H,21,23). The van der Waals surface area contributed by atoms with E-state index < -0.39 is 18.3 Å². The van der Waals surface area contributed by atoms with E-state index >= 15 is 0 Å². The van der Waals surface area contributed by atoms with Crippen LogP contribution in [-0.2, 0) is 4.79 Å². The highest BCUT2D eigenvalue weighted by Crippen LogP contribution is 2.29. The normalized spacial score (nSPS) is 23.5. The fraction of sp³-hybridized carbons (Fsp3) is 0.222. The zero-order valence-corrected chi connectivity index (χ0v) is 13.9. The summed E-state index contributed by atoms with van der Waals surface area (Å²) in [4.78, 5) is 16.9. The van der Waals surface area contributed by atoms with Gasteiger partial charge in [-0.25, -0.2) is 4.99 Å². The van der Waals surface area contributed by atoms with Crippen molar-refractivity contribution in [2.24, 2.45) is 10.9 Å². The highest BCUT2D eigenvalue weighted by molar-refractivity contribution is 6.30. The summed E-state index contributed by atoms with van der Waals surface area (Å²) in [5.74, 6) is -0.711. The molecule has 0 radical (unpaired) electrons. The Morgan fingerprint density at radius 1 is 1.17 bits per heavy atom. The number of carbonyl (C=O) groups is 1. The van der Waals surface area contributed by atoms with Gasteiger partial charge in [-0.1, -0.05) is 41.9 Å². The van der Waals surface area contributed by atoms with E-state index in [0.29, 0.717) is 10.7 Å². The van der Waals surface area contributed by atoms with Gasteiger partial charge in [0, 0.05) is 16.4 Å². The molecule has 3 rings (SSSR count). The number of carbonyl (C=O) groups excluding carboxylic acids is 1. The lowest BCUT2D eigenvalue weighted by molar-refractivity contribution is -0.119. The Balaban J connectivity index is 1.90. The Labute approximate surface area is 145 Å². The summed E-state index contributed by atoms with van der Waals surface area (Å²) in [7, 11) is 0. The molecule has 24 heavy (non-hydrogen) atoms. The van der Waals surface area contributed by atoms with Crippen LogP contribution in [0.4, 0.5) is 5.69 Å². The van der Waals surface area contributed by atoms with Gasteiger partial charge in [-0.2, -0.15) is 0 Å². The second-order valence-corrected chi connectivity index (χ2v) is 6.11. The average Bonchev–Trinajstić information content (AvgIpc) is 2.55. The van der Waals surface area contributed by atoms with Gasteiger partial charge >= 0.3 is 0 Å². The molecule has 3 N–H and O–H groups in total. The summed E-state index contributed by atoms with van der Waals surface area (Å²) in [6.45, 7) is 1.75. The quantitative estimate of drug-likeness (QED) is 0.802. The third-order valence-corrected chi connectivity index (χ3v) is 4.24. The molecular weight excluding hydrogens is 326 g/mol. The van der Waals surface area contributed by atoms with Gasteiger partial charge in [0.25, 0.3) is 0 Å². The van der Waals surface area contributed by atoms with E-state index in [9.17, 15) is 9.90 Å². The number of rotatable bonds is 3. The van der Waals surface area contributed by atoms with Gasteiger partial charge in [-0.3, -0.25) is 10.1 Å². The third-order valence-electron chi connectivity index (χ3n) is 3.99. The Morgan fingerprint density at radius 2 is 1.83 bits per heavy atom. The maximum absolute atomic E-state index is 12.8. The highest BCUT2D eigenvalue weighted by atomic mass is 35.5. The Kier molecular flexibility index (Phi) is 4.94. The topological polar surface area (TPSA) is 73.7 Å². The van der Waals surface area contributed by atoms with Crippen molar-refractivity contribution in [3.8, 4) is 0 Å². The van der Waals surface area contributed by atoms with Crippen molar-refractivity contribution in [1.29, 1.82) is 0 Å². The van der Waals surface area contributed by atoms with Crippen LogP contribution in [0, 0.1) is 5.92 Å². The maximum atomic E-state index is 12.8. The van der Waals surface area contributed by atoms with Crippen molar-refractivity contribution >= 4 is 28.9 Å². The van der Waals surface area contributed by atoms with Crippen molar-refractivity contribution in [3.63, 3.8) is 0 Å². The summed E-state index contributed by atoms with van der Waals surface area (Å²) < 4.78 is 0. The second kappa shape index (κ2) is 7.13. The molecule has 2 aromatic carbocycles. The summed E-state index contributed by atoms with van der Waals surface area (Å²) >= 11 is 5.94. The second-order valence-electron chi connectivity index (χ2n) is 5.67. The Hall–Kier alpha value is -2.21. The van der Waals surface area contributed by atoms with Gasteiger partial charge in [0.05, 0.1) is 12.0 Å². The molecule has 0 aromatic heterocycles. The summed E-state index contributed by atoms with van der Waals surface area (Å²) in [5, 5.41) is 16.4. The molecule has 6 heteroatoms. The number of halogens is 1. The average molecular weight is 344 g/mol. The number of anilines is 1. The lowest BCUT2D eigenvalue weighted by Gasteiger charge is -2.33. The van der Waals surface area contributed by atoms with E-state index in [1.54, 1.807) is 19.1 Å². The zero-order chi connectivity index (χ0) is 17.1. The minimum atomic E-state index is -1.04. The number of nitrogens with one attached hydrogen (secondary N) is 2. The van der Waals surface area contributed by atoms with Crippen LogP contribution in [0.3, 0.4) is 0 Å². The van der Waals surface area contributed by atoms with Crippen LogP contribution in [0.5, 0.6) is 0 Å². The molecule has 0 saturated carbocycles. The molecule has 0 aliphatic carbocycles. The highest BCUT2D eigenvalue weighted by Gasteiger charge is 2.36. The van der Waals surface area contributed by atoms with E-state index in [0.717, 1.165) is 11.3 Å². The minimum Gasteiger partial charge on any atom is -0.360 e. The zero-order valence-electron chi connectivity index (χ0n) is 13.1. The molecule has 1 amide bonds. The first kappa shape index (κ1) is 16.6. The Bertz CT molecular complexity index is 747.